The van der Waals surface area contributed by atoms with Gasteiger partial charge in [-0.25, -0.2) is 0 Å². The van der Waals surface area contributed by atoms with Crippen LogP contribution in [0.15, 0.2) is 34.9 Å². The highest BCUT2D eigenvalue weighted by Crippen LogP contribution is 2.24. The molecular weight excluding hydrogens is 310 g/mol. The van der Waals surface area contributed by atoms with Gasteiger partial charge in [-0.3, -0.25) is 9.59 Å². The third kappa shape index (κ3) is 3.73. The van der Waals surface area contributed by atoms with Crippen molar-refractivity contribution in [1.29, 1.82) is 0 Å². The molecule has 1 N–H and O–H groups in total. The largest absolute Gasteiger partial charge is 0.497 e. The fourth-order valence-corrected chi connectivity index (χ4v) is 2.27. The predicted octanol–water partition coefficient (Wildman–Crippen LogP) is 1.70. The first-order chi connectivity index (χ1) is 11.6. The first-order valence-electron chi connectivity index (χ1n) is 7.73. The van der Waals surface area contributed by atoms with Gasteiger partial charge in [0.15, 0.2) is 11.5 Å². The van der Waals surface area contributed by atoms with E-state index in [-0.39, 0.29) is 30.1 Å². The number of nitrogens with zero attached hydrogens (tertiary/aromatic N) is 2. The number of aromatic nitrogens is 1. The lowest BCUT2D eigenvalue weighted by molar-refractivity contribution is -0.121. The Bertz CT molecular complexity index is 752. The van der Waals surface area contributed by atoms with Crippen LogP contribution in [0.2, 0.25) is 0 Å². The third-order valence-electron chi connectivity index (χ3n) is 3.75. The molecule has 24 heavy (non-hydrogen) atoms. The van der Waals surface area contributed by atoms with E-state index in [1.54, 1.807) is 26.3 Å². The molecule has 1 aromatic heterocycles. The molecule has 0 spiro atoms. The van der Waals surface area contributed by atoms with E-state index in [4.69, 9.17) is 9.26 Å². The van der Waals surface area contributed by atoms with Gasteiger partial charge in [0.2, 0.25) is 5.91 Å². The summed E-state index contributed by atoms with van der Waals surface area (Å²) in [7, 11) is 3.14. The molecular formula is C17H19N3O4. The van der Waals surface area contributed by atoms with Crippen LogP contribution < -0.4 is 10.1 Å². The lowest BCUT2D eigenvalue weighted by Crippen LogP contribution is -2.39. The van der Waals surface area contributed by atoms with Crippen LogP contribution in [-0.4, -0.2) is 48.6 Å². The number of carbonyl (C=O) groups excluding carboxylic acids is 2. The molecule has 0 bridgehead atoms. The summed E-state index contributed by atoms with van der Waals surface area (Å²) in [5.41, 5.74) is 0.921. The predicted molar refractivity (Wildman–Crippen MR) is 86.6 cm³/mol. The molecule has 0 saturated heterocycles. The van der Waals surface area contributed by atoms with Gasteiger partial charge in [0.25, 0.3) is 5.91 Å². The van der Waals surface area contributed by atoms with E-state index in [0.717, 1.165) is 18.4 Å². The molecule has 126 valence electrons. The molecule has 0 unspecified atom stereocenters. The van der Waals surface area contributed by atoms with E-state index >= 15 is 0 Å². The maximum absolute atomic E-state index is 12.3. The summed E-state index contributed by atoms with van der Waals surface area (Å²) in [4.78, 5) is 25.4. The van der Waals surface area contributed by atoms with Gasteiger partial charge >= 0.3 is 0 Å². The zero-order valence-electron chi connectivity index (χ0n) is 13.6. The minimum Gasteiger partial charge on any atom is -0.497 e. The SMILES string of the molecule is COc1cccc(-c2cc(C(=O)N(C)CC(=O)NC3CC3)no2)c1. The summed E-state index contributed by atoms with van der Waals surface area (Å²) >= 11 is 0. The molecule has 1 saturated carbocycles. The molecule has 1 aliphatic carbocycles. The minimum atomic E-state index is -0.362. The van der Waals surface area contributed by atoms with Gasteiger partial charge in [0, 0.05) is 24.7 Å². The van der Waals surface area contributed by atoms with Gasteiger partial charge in [-0.15, -0.1) is 0 Å². The van der Waals surface area contributed by atoms with Crippen LogP contribution in [0.5, 0.6) is 5.75 Å². The van der Waals surface area contributed by atoms with Gasteiger partial charge < -0.3 is 19.5 Å². The van der Waals surface area contributed by atoms with Gasteiger partial charge in [0.1, 0.15) is 5.75 Å². The van der Waals surface area contributed by atoms with Crippen LogP contribution in [0.4, 0.5) is 0 Å². The molecule has 7 nitrogen and oxygen atoms in total. The Morgan fingerprint density at radius 2 is 2.17 bits per heavy atom. The van der Waals surface area contributed by atoms with Crippen molar-refractivity contribution >= 4 is 11.8 Å². The summed E-state index contributed by atoms with van der Waals surface area (Å²) in [5, 5.41) is 6.66. The quantitative estimate of drug-likeness (QED) is 0.872. The van der Waals surface area contributed by atoms with Crippen LogP contribution in [0.1, 0.15) is 23.3 Å². The normalized spacial score (nSPS) is 13.4. The first kappa shape index (κ1) is 16.0. The van der Waals surface area contributed by atoms with E-state index < -0.39 is 0 Å². The van der Waals surface area contributed by atoms with E-state index in [2.05, 4.69) is 10.5 Å². The van der Waals surface area contributed by atoms with Crippen molar-refractivity contribution < 1.29 is 18.8 Å². The molecule has 7 heteroatoms. The van der Waals surface area contributed by atoms with E-state index in [0.29, 0.717) is 11.5 Å². The van der Waals surface area contributed by atoms with E-state index in [1.807, 2.05) is 18.2 Å². The zero-order valence-corrected chi connectivity index (χ0v) is 13.6. The highest BCUT2D eigenvalue weighted by Gasteiger charge is 2.25. The number of methoxy groups -OCH3 is 1. The highest BCUT2D eigenvalue weighted by atomic mass is 16.5. The first-order valence-corrected chi connectivity index (χ1v) is 7.73. The van der Waals surface area contributed by atoms with Gasteiger partial charge in [-0.1, -0.05) is 17.3 Å². The molecule has 3 rings (SSSR count). The van der Waals surface area contributed by atoms with Crippen molar-refractivity contribution in [2.24, 2.45) is 0 Å². The maximum atomic E-state index is 12.3. The van der Waals surface area contributed by atoms with Crippen molar-refractivity contribution in [3.63, 3.8) is 0 Å². The molecule has 0 aliphatic heterocycles. The number of nitrogens with one attached hydrogen (secondary N) is 1. The van der Waals surface area contributed by atoms with E-state index in [1.165, 1.54) is 4.90 Å². The Hall–Kier alpha value is -2.83. The Morgan fingerprint density at radius 3 is 2.88 bits per heavy atom. The van der Waals surface area contributed by atoms with Crippen molar-refractivity contribution in [1.82, 2.24) is 15.4 Å². The lowest BCUT2D eigenvalue weighted by atomic mass is 10.1. The Balaban J connectivity index is 1.67. The standard InChI is InChI=1S/C17H19N3O4/c1-20(10-16(21)18-12-6-7-12)17(22)14-9-15(24-19-14)11-4-3-5-13(8-11)23-2/h3-5,8-9,12H,6-7,10H2,1-2H3,(H,18,21). The number of rotatable bonds is 6. The monoisotopic (exact) mass is 329 g/mol. The zero-order chi connectivity index (χ0) is 17.1. The lowest BCUT2D eigenvalue weighted by Gasteiger charge is -2.14. The number of amides is 2. The smallest absolute Gasteiger partial charge is 0.276 e. The summed E-state index contributed by atoms with van der Waals surface area (Å²) in [6.45, 7) is -0.00329. The van der Waals surface area contributed by atoms with Crippen LogP contribution in [0.25, 0.3) is 11.3 Å². The third-order valence-corrected chi connectivity index (χ3v) is 3.75. The summed E-state index contributed by atoms with van der Waals surface area (Å²) in [6, 6.07) is 9.11. The molecule has 0 radical (unpaired) electrons. The summed E-state index contributed by atoms with van der Waals surface area (Å²) in [5.74, 6) is 0.627. The maximum Gasteiger partial charge on any atom is 0.276 e. The number of carbonyl (C=O) groups is 2. The molecule has 0 atom stereocenters. The Morgan fingerprint density at radius 1 is 1.38 bits per heavy atom. The van der Waals surface area contributed by atoms with E-state index in [9.17, 15) is 9.59 Å². The molecule has 1 fully saturated rings. The van der Waals surface area contributed by atoms with Crippen molar-refractivity contribution in [3.05, 3.63) is 36.0 Å². The van der Waals surface area contributed by atoms with Crippen LogP contribution >= 0.6 is 0 Å². The summed E-state index contributed by atoms with van der Waals surface area (Å²) < 4.78 is 10.4. The van der Waals surface area contributed by atoms with Gasteiger partial charge in [-0.2, -0.15) is 0 Å². The fraction of sp³-hybridized carbons (Fsp3) is 0.353. The number of hydrogen-bond donors (Lipinski definition) is 1. The molecule has 1 aromatic carbocycles. The van der Waals surface area contributed by atoms with Crippen LogP contribution in [-0.2, 0) is 4.79 Å². The second-order valence-corrected chi connectivity index (χ2v) is 5.81. The molecule has 1 heterocycles. The van der Waals surface area contributed by atoms with Crippen molar-refractivity contribution in [2.45, 2.75) is 18.9 Å². The second kappa shape index (κ2) is 6.74. The van der Waals surface area contributed by atoms with Crippen LogP contribution in [0.3, 0.4) is 0 Å². The average molecular weight is 329 g/mol. The van der Waals surface area contributed by atoms with Crippen molar-refractivity contribution in [3.8, 4) is 17.1 Å². The molecule has 2 amide bonds. The summed E-state index contributed by atoms with van der Waals surface area (Å²) in [6.07, 6.45) is 2.02. The Labute approximate surface area is 139 Å². The fourth-order valence-electron chi connectivity index (χ4n) is 2.27. The molecule has 2 aromatic rings. The topological polar surface area (TPSA) is 84.7 Å². The molecule has 1 aliphatic rings. The average Bonchev–Trinajstić information content (AvgIpc) is 3.25. The van der Waals surface area contributed by atoms with Crippen LogP contribution in [0, 0.1) is 0 Å². The van der Waals surface area contributed by atoms with Gasteiger partial charge in [0.05, 0.1) is 13.7 Å². The second-order valence-electron chi connectivity index (χ2n) is 5.81. The number of hydrogen-bond acceptors (Lipinski definition) is 5. The number of ether oxygens (including phenoxy) is 1. The highest BCUT2D eigenvalue weighted by molar-refractivity contribution is 5.95. The van der Waals surface area contributed by atoms with Crippen molar-refractivity contribution in [2.75, 3.05) is 20.7 Å². The Kier molecular flexibility index (Phi) is 4.50. The number of benzene rings is 1. The number of likely N-dealkylation sites (N-methyl/N-ethyl adjacent to an activating group) is 1. The van der Waals surface area contributed by atoms with Gasteiger partial charge in [-0.05, 0) is 25.0 Å². The minimum absolute atomic E-state index is 0.00329.